The number of thioether (sulfide) groups is 1. The predicted octanol–water partition coefficient (Wildman–Crippen LogP) is 1.71. The Bertz CT molecular complexity index is 199. The number of nitrogens with two attached hydrogens (primary N) is 1. The molecule has 14 heavy (non-hydrogen) atoms. The third-order valence-corrected chi connectivity index (χ3v) is 4.56. The van der Waals surface area contributed by atoms with Gasteiger partial charge in [-0.05, 0) is 18.8 Å². The van der Waals surface area contributed by atoms with Crippen LogP contribution in [0, 0.1) is 5.92 Å². The smallest absolute Gasteiger partial charge is 0.303 e. The number of hydrogen-bond acceptors (Lipinski definition) is 3. The lowest BCUT2D eigenvalue weighted by atomic mass is 9.97. The van der Waals surface area contributed by atoms with E-state index in [1.54, 1.807) is 0 Å². The van der Waals surface area contributed by atoms with Crippen LogP contribution in [-0.2, 0) is 4.79 Å². The Labute approximate surface area is 89.4 Å². The number of aliphatic carboxylic acids is 1. The summed E-state index contributed by atoms with van der Waals surface area (Å²) in [6, 6.07) is 0.337. The Balaban J connectivity index is 2.10. The van der Waals surface area contributed by atoms with Crippen LogP contribution in [-0.4, -0.2) is 28.1 Å². The van der Waals surface area contributed by atoms with Crippen LogP contribution in [0.1, 0.15) is 32.6 Å². The molecule has 3 nitrogen and oxygen atoms in total. The maximum atomic E-state index is 10.3. The van der Waals surface area contributed by atoms with E-state index in [1.807, 2.05) is 11.8 Å². The Morgan fingerprint density at radius 1 is 1.57 bits per heavy atom. The molecular weight excluding hydrogens is 198 g/mol. The van der Waals surface area contributed by atoms with Crippen molar-refractivity contribution in [3.8, 4) is 0 Å². The molecule has 0 spiro atoms. The third-order valence-electron chi connectivity index (χ3n) is 2.89. The molecule has 0 aromatic carbocycles. The van der Waals surface area contributed by atoms with Crippen LogP contribution < -0.4 is 5.73 Å². The maximum absolute atomic E-state index is 10.3. The third kappa shape index (κ3) is 3.50. The van der Waals surface area contributed by atoms with Crippen molar-refractivity contribution in [2.45, 2.75) is 43.9 Å². The predicted molar refractivity (Wildman–Crippen MR) is 59.5 cm³/mol. The molecule has 1 rings (SSSR count). The highest BCUT2D eigenvalue weighted by atomic mass is 32.2. The van der Waals surface area contributed by atoms with Gasteiger partial charge in [-0.25, -0.2) is 0 Å². The fraction of sp³-hybridized carbons (Fsp3) is 0.900. The Morgan fingerprint density at radius 2 is 2.29 bits per heavy atom. The maximum Gasteiger partial charge on any atom is 0.303 e. The molecule has 0 radical (unpaired) electrons. The quantitative estimate of drug-likeness (QED) is 0.688. The van der Waals surface area contributed by atoms with Crippen molar-refractivity contribution in [2.75, 3.05) is 5.75 Å². The lowest BCUT2D eigenvalue weighted by molar-refractivity contribution is -0.137. The van der Waals surface area contributed by atoms with Gasteiger partial charge < -0.3 is 10.8 Å². The van der Waals surface area contributed by atoms with Crippen molar-refractivity contribution >= 4 is 17.7 Å². The second kappa shape index (κ2) is 5.61. The SMILES string of the molecule is CC1C(N)CSC1CCCCC(=O)O. The summed E-state index contributed by atoms with van der Waals surface area (Å²) < 4.78 is 0. The van der Waals surface area contributed by atoms with Crippen molar-refractivity contribution in [2.24, 2.45) is 11.7 Å². The molecular formula is C10H19NO2S. The minimum absolute atomic E-state index is 0.303. The lowest BCUT2D eigenvalue weighted by Crippen LogP contribution is -2.29. The van der Waals surface area contributed by atoms with E-state index in [9.17, 15) is 4.79 Å². The van der Waals surface area contributed by atoms with E-state index in [2.05, 4.69) is 6.92 Å². The second-order valence-corrected chi connectivity index (χ2v) is 5.31. The van der Waals surface area contributed by atoms with Crippen molar-refractivity contribution < 1.29 is 9.90 Å². The lowest BCUT2D eigenvalue weighted by Gasteiger charge is -2.16. The van der Waals surface area contributed by atoms with Gasteiger partial charge in [0.2, 0.25) is 0 Å². The molecule has 3 atom stereocenters. The fourth-order valence-electron chi connectivity index (χ4n) is 1.78. The van der Waals surface area contributed by atoms with E-state index in [-0.39, 0.29) is 0 Å². The number of rotatable bonds is 5. The highest BCUT2D eigenvalue weighted by Gasteiger charge is 2.30. The Hall–Kier alpha value is -0.220. The number of hydrogen-bond donors (Lipinski definition) is 2. The van der Waals surface area contributed by atoms with Crippen molar-refractivity contribution in [3.05, 3.63) is 0 Å². The molecule has 1 aliphatic rings. The first-order valence-electron chi connectivity index (χ1n) is 5.20. The molecule has 0 aliphatic carbocycles. The topological polar surface area (TPSA) is 63.3 Å². The number of carbonyl (C=O) groups is 1. The van der Waals surface area contributed by atoms with Crippen molar-refractivity contribution in [1.82, 2.24) is 0 Å². The molecule has 0 aromatic heterocycles. The van der Waals surface area contributed by atoms with Gasteiger partial charge in [-0.1, -0.05) is 13.3 Å². The van der Waals surface area contributed by atoms with Gasteiger partial charge in [-0.15, -0.1) is 0 Å². The summed E-state index contributed by atoms with van der Waals surface area (Å²) in [4.78, 5) is 10.3. The highest BCUT2D eigenvalue weighted by Crippen LogP contribution is 2.34. The van der Waals surface area contributed by atoms with Crippen molar-refractivity contribution in [1.29, 1.82) is 0 Å². The summed E-state index contributed by atoms with van der Waals surface area (Å²) >= 11 is 1.94. The molecule has 0 aromatic rings. The number of unbranched alkanes of at least 4 members (excludes halogenated alkanes) is 1. The summed E-state index contributed by atoms with van der Waals surface area (Å²) in [5, 5.41) is 9.13. The zero-order chi connectivity index (χ0) is 10.6. The standard InChI is InChI=1S/C10H19NO2S/c1-7-8(11)6-14-9(7)4-2-3-5-10(12)13/h7-9H,2-6,11H2,1H3,(H,12,13). The highest BCUT2D eigenvalue weighted by molar-refractivity contribution is 8.00. The van der Waals surface area contributed by atoms with Crippen LogP contribution in [0.3, 0.4) is 0 Å². The first-order valence-corrected chi connectivity index (χ1v) is 6.25. The molecule has 3 N–H and O–H groups in total. The van der Waals surface area contributed by atoms with Gasteiger partial charge >= 0.3 is 5.97 Å². The van der Waals surface area contributed by atoms with Crippen LogP contribution in [0.5, 0.6) is 0 Å². The molecule has 0 bridgehead atoms. The summed E-state index contributed by atoms with van der Waals surface area (Å²) in [7, 11) is 0. The fourth-order valence-corrected chi connectivity index (χ4v) is 3.39. The normalized spacial score (nSPS) is 32.0. The molecule has 1 saturated heterocycles. The minimum atomic E-state index is -0.686. The van der Waals surface area contributed by atoms with E-state index in [0.29, 0.717) is 23.6 Å². The minimum Gasteiger partial charge on any atom is -0.481 e. The molecule has 3 unspecified atom stereocenters. The van der Waals surface area contributed by atoms with E-state index in [4.69, 9.17) is 10.8 Å². The summed E-state index contributed by atoms with van der Waals surface area (Å²) in [6.45, 7) is 2.20. The average Bonchev–Trinajstić information content (AvgIpc) is 2.43. The molecule has 0 amide bonds. The zero-order valence-corrected chi connectivity index (χ0v) is 9.43. The van der Waals surface area contributed by atoms with E-state index < -0.39 is 5.97 Å². The monoisotopic (exact) mass is 217 g/mol. The Kier molecular flexibility index (Phi) is 4.75. The molecule has 1 aliphatic heterocycles. The molecule has 4 heteroatoms. The van der Waals surface area contributed by atoms with Crippen LogP contribution in [0.4, 0.5) is 0 Å². The van der Waals surface area contributed by atoms with Crippen LogP contribution in [0.2, 0.25) is 0 Å². The summed E-state index contributed by atoms with van der Waals surface area (Å²) in [5.74, 6) is 0.962. The largest absolute Gasteiger partial charge is 0.481 e. The first-order chi connectivity index (χ1) is 6.61. The van der Waals surface area contributed by atoms with Gasteiger partial charge in [0.15, 0.2) is 0 Å². The van der Waals surface area contributed by atoms with Gasteiger partial charge in [0.25, 0.3) is 0 Å². The summed E-state index contributed by atoms with van der Waals surface area (Å²) in [6.07, 6.45) is 3.24. The Morgan fingerprint density at radius 3 is 2.79 bits per heavy atom. The summed E-state index contributed by atoms with van der Waals surface area (Å²) in [5.41, 5.74) is 5.91. The zero-order valence-electron chi connectivity index (χ0n) is 8.61. The average molecular weight is 217 g/mol. The van der Waals surface area contributed by atoms with Crippen LogP contribution in [0.15, 0.2) is 0 Å². The van der Waals surface area contributed by atoms with Crippen molar-refractivity contribution in [3.63, 3.8) is 0 Å². The van der Waals surface area contributed by atoms with E-state index >= 15 is 0 Å². The number of carboxylic acids is 1. The molecule has 0 saturated carbocycles. The van der Waals surface area contributed by atoms with Gasteiger partial charge in [-0.2, -0.15) is 11.8 Å². The van der Waals surface area contributed by atoms with Gasteiger partial charge in [-0.3, -0.25) is 4.79 Å². The first kappa shape index (κ1) is 11.9. The van der Waals surface area contributed by atoms with Gasteiger partial charge in [0.05, 0.1) is 0 Å². The van der Waals surface area contributed by atoms with Crippen LogP contribution >= 0.6 is 11.8 Å². The molecule has 1 fully saturated rings. The molecule has 1 heterocycles. The van der Waals surface area contributed by atoms with E-state index in [1.165, 1.54) is 0 Å². The van der Waals surface area contributed by atoms with Gasteiger partial charge in [0, 0.05) is 23.5 Å². The molecule has 82 valence electrons. The van der Waals surface area contributed by atoms with E-state index in [0.717, 1.165) is 25.0 Å². The van der Waals surface area contributed by atoms with Crippen LogP contribution in [0.25, 0.3) is 0 Å². The number of carboxylic acid groups (broad SMARTS) is 1. The van der Waals surface area contributed by atoms with Gasteiger partial charge in [0.1, 0.15) is 0 Å². The second-order valence-electron chi connectivity index (χ2n) is 4.03.